The third kappa shape index (κ3) is 3.02. The predicted octanol–water partition coefficient (Wildman–Crippen LogP) is 3.36. The zero-order chi connectivity index (χ0) is 10.8. The van der Waals surface area contributed by atoms with Crippen LogP contribution in [0.15, 0.2) is 0 Å². The maximum atomic E-state index is 12.3. The average molecular weight is 231 g/mol. The van der Waals surface area contributed by atoms with E-state index in [9.17, 15) is 13.2 Å². The summed E-state index contributed by atoms with van der Waals surface area (Å²) in [5.41, 5.74) is 0. The van der Waals surface area contributed by atoms with Crippen LogP contribution in [0.25, 0.3) is 0 Å². The first-order valence-electron chi connectivity index (χ1n) is 4.77. The third-order valence-corrected chi connectivity index (χ3v) is 3.26. The van der Waals surface area contributed by atoms with Crippen LogP contribution in [-0.2, 0) is 4.74 Å². The number of hydrogen-bond acceptors (Lipinski definition) is 1. The summed E-state index contributed by atoms with van der Waals surface area (Å²) in [6.45, 7) is 2.05. The third-order valence-electron chi connectivity index (χ3n) is 2.59. The van der Waals surface area contributed by atoms with Gasteiger partial charge in [-0.25, -0.2) is 0 Å². The Morgan fingerprint density at radius 2 is 2.14 bits per heavy atom. The van der Waals surface area contributed by atoms with E-state index in [-0.39, 0.29) is 24.3 Å². The van der Waals surface area contributed by atoms with E-state index >= 15 is 0 Å². The molecule has 0 N–H and O–H groups in total. The van der Waals surface area contributed by atoms with Gasteiger partial charge >= 0.3 is 6.18 Å². The summed E-state index contributed by atoms with van der Waals surface area (Å²) >= 11 is 5.94. The molecule has 3 unspecified atom stereocenters. The van der Waals surface area contributed by atoms with Crippen molar-refractivity contribution < 1.29 is 17.9 Å². The summed E-state index contributed by atoms with van der Waals surface area (Å²) in [4.78, 5) is 0. The van der Waals surface area contributed by atoms with Gasteiger partial charge < -0.3 is 4.74 Å². The molecule has 0 aliphatic carbocycles. The Hall–Kier alpha value is 0.0400. The maximum absolute atomic E-state index is 12.3. The van der Waals surface area contributed by atoms with Crippen molar-refractivity contribution in [1.82, 2.24) is 0 Å². The highest BCUT2D eigenvalue weighted by atomic mass is 35.5. The van der Waals surface area contributed by atoms with Gasteiger partial charge in [0.15, 0.2) is 6.10 Å². The van der Waals surface area contributed by atoms with E-state index in [2.05, 4.69) is 4.74 Å². The highest BCUT2D eigenvalue weighted by molar-refractivity contribution is 6.20. The second-order valence-electron chi connectivity index (χ2n) is 3.61. The van der Waals surface area contributed by atoms with E-state index in [1.807, 2.05) is 6.92 Å². The Morgan fingerprint density at radius 3 is 2.64 bits per heavy atom. The summed E-state index contributed by atoms with van der Waals surface area (Å²) in [5.74, 6) is -0.0676. The number of hydrogen-bond donors (Lipinski definition) is 0. The van der Waals surface area contributed by atoms with Crippen molar-refractivity contribution in [2.45, 2.75) is 43.8 Å². The first kappa shape index (κ1) is 12.1. The van der Waals surface area contributed by atoms with Crippen LogP contribution in [-0.4, -0.2) is 24.3 Å². The van der Waals surface area contributed by atoms with Crippen LogP contribution in [0.4, 0.5) is 13.2 Å². The molecule has 3 atom stereocenters. The van der Waals surface area contributed by atoms with Crippen molar-refractivity contribution in [2.24, 2.45) is 5.92 Å². The molecule has 14 heavy (non-hydrogen) atoms. The standard InChI is InChI=1S/C9H14ClF3O/c1-2-7(10)6-3-4-14-8(5-6)9(11,12)13/h6-8H,2-5H2,1H3. The van der Waals surface area contributed by atoms with Gasteiger partial charge in [-0.05, 0) is 25.2 Å². The van der Waals surface area contributed by atoms with Crippen molar-refractivity contribution in [2.75, 3.05) is 6.61 Å². The molecule has 0 spiro atoms. The summed E-state index contributed by atoms with van der Waals surface area (Å²) in [7, 11) is 0. The number of ether oxygens (including phenoxy) is 1. The molecular weight excluding hydrogens is 217 g/mol. The molecule has 1 nitrogen and oxygen atoms in total. The van der Waals surface area contributed by atoms with Gasteiger partial charge in [0.25, 0.3) is 0 Å². The molecule has 1 aliphatic heterocycles. The van der Waals surface area contributed by atoms with Gasteiger partial charge in [-0.2, -0.15) is 13.2 Å². The molecule has 1 saturated heterocycles. The fraction of sp³-hybridized carbons (Fsp3) is 1.00. The van der Waals surface area contributed by atoms with E-state index < -0.39 is 12.3 Å². The summed E-state index contributed by atoms with van der Waals surface area (Å²) in [6, 6.07) is 0. The smallest absolute Gasteiger partial charge is 0.369 e. The fourth-order valence-electron chi connectivity index (χ4n) is 1.71. The molecule has 0 bridgehead atoms. The van der Waals surface area contributed by atoms with E-state index in [0.29, 0.717) is 12.8 Å². The fourth-order valence-corrected chi connectivity index (χ4v) is 1.94. The highest BCUT2D eigenvalue weighted by Gasteiger charge is 2.44. The molecule has 0 aromatic carbocycles. The molecule has 5 heteroatoms. The van der Waals surface area contributed by atoms with Crippen LogP contribution in [0.2, 0.25) is 0 Å². The van der Waals surface area contributed by atoms with Crippen molar-refractivity contribution in [1.29, 1.82) is 0 Å². The predicted molar refractivity (Wildman–Crippen MR) is 48.5 cm³/mol. The van der Waals surface area contributed by atoms with Crippen LogP contribution in [0.1, 0.15) is 26.2 Å². The van der Waals surface area contributed by atoms with Crippen molar-refractivity contribution in [3.63, 3.8) is 0 Å². The quantitative estimate of drug-likeness (QED) is 0.661. The van der Waals surface area contributed by atoms with Crippen LogP contribution in [0.3, 0.4) is 0 Å². The second-order valence-corrected chi connectivity index (χ2v) is 4.17. The summed E-state index contributed by atoms with van der Waals surface area (Å²) < 4.78 is 41.6. The zero-order valence-electron chi connectivity index (χ0n) is 7.98. The molecule has 1 aliphatic rings. The Bertz CT molecular complexity index is 183. The monoisotopic (exact) mass is 230 g/mol. The van der Waals surface area contributed by atoms with Crippen molar-refractivity contribution in [3.05, 3.63) is 0 Å². The lowest BCUT2D eigenvalue weighted by molar-refractivity contribution is -0.235. The van der Waals surface area contributed by atoms with Gasteiger partial charge in [-0.15, -0.1) is 11.6 Å². The molecule has 0 saturated carbocycles. The van der Waals surface area contributed by atoms with E-state index in [1.54, 1.807) is 0 Å². The lowest BCUT2D eigenvalue weighted by Gasteiger charge is -2.32. The van der Waals surface area contributed by atoms with Gasteiger partial charge in [0.05, 0.1) is 0 Å². The summed E-state index contributed by atoms with van der Waals surface area (Å²) in [6.07, 6.45) is -4.52. The van der Waals surface area contributed by atoms with Gasteiger partial charge in [-0.3, -0.25) is 0 Å². The minimum absolute atomic E-state index is 0.00546. The lowest BCUT2D eigenvalue weighted by Crippen LogP contribution is -2.39. The highest BCUT2D eigenvalue weighted by Crippen LogP contribution is 2.35. The van der Waals surface area contributed by atoms with Gasteiger partial charge in [0.2, 0.25) is 0 Å². The van der Waals surface area contributed by atoms with Crippen LogP contribution in [0, 0.1) is 5.92 Å². The van der Waals surface area contributed by atoms with Crippen LogP contribution < -0.4 is 0 Å². The van der Waals surface area contributed by atoms with E-state index in [4.69, 9.17) is 11.6 Å². The number of rotatable bonds is 2. The van der Waals surface area contributed by atoms with Crippen molar-refractivity contribution >= 4 is 11.6 Å². The van der Waals surface area contributed by atoms with Gasteiger partial charge in [0, 0.05) is 12.0 Å². The minimum atomic E-state index is -4.25. The van der Waals surface area contributed by atoms with E-state index in [1.165, 1.54) is 0 Å². The number of halogens is 4. The topological polar surface area (TPSA) is 9.23 Å². The SMILES string of the molecule is CCC(Cl)C1CCOC(C(F)(F)F)C1. The maximum Gasteiger partial charge on any atom is 0.414 e. The van der Waals surface area contributed by atoms with Crippen molar-refractivity contribution in [3.8, 4) is 0 Å². The number of alkyl halides is 4. The first-order valence-corrected chi connectivity index (χ1v) is 5.21. The molecule has 1 rings (SSSR count). The largest absolute Gasteiger partial charge is 0.414 e. The van der Waals surface area contributed by atoms with Gasteiger partial charge in [-0.1, -0.05) is 6.92 Å². The normalized spacial score (nSPS) is 31.5. The van der Waals surface area contributed by atoms with E-state index in [0.717, 1.165) is 0 Å². The van der Waals surface area contributed by atoms with Crippen LogP contribution in [0.5, 0.6) is 0 Å². The molecule has 0 radical (unpaired) electrons. The molecule has 0 aromatic heterocycles. The first-order chi connectivity index (χ1) is 6.45. The minimum Gasteiger partial charge on any atom is -0.369 e. The molecule has 0 aromatic rings. The average Bonchev–Trinajstić information content (AvgIpc) is 2.15. The second kappa shape index (κ2) is 4.71. The Kier molecular flexibility index (Phi) is 4.07. The zero-order valence-corrected chi connectivity index (χ0v) is 8.74. The Labute approximate surface area is 86.6 Å². The Morgan fingerprint density at radius 1 is 1.50 bits per heavy atom. The lowest BCUT2D eigenvalue weighted by atomic mass is 9.91. The van der Waals surface area contributed by atoms with Gasteiger partial charge in [0.1, 0.15) is 0 Å². The Balaban J connectivity index is 2.52. The molecule has 1 fully saturated rings. The molecular formula is C9H14ClF3O. The molecule has 84 valence electrons. The molecule has 1 heterocycles. The molecule has 0 amide bonds. The summed E-state index contributed by atoms with van der Waals surface area (Å²) in [5, 5.41) is -0.163. The van der Waals surface area contributed by atoms with Crippen LogP contribution >= 0.6 is 11.6 Å².